The molecule has 1 aliphatic heterocycles. The van der Waals surface area contributed by atoms with E-state index in [1.54, 1.807) is 4.90 Å². The Kier molecular flexibility index (Phi) is 5.50. The summed E-state index contributed by atoms with van der Waals surface area (Å²) in [7, 11) is 0. The average molecular weight is 319 g/mol. The van der Waals surface area contributed by atoms with Crippen molar-refractivity contribution in [2.45, 2.75) is 65.0 Å². The first-order valence-corrected chi connectivity index (χ1v) is 8.46. The molecule has 0 aliphatic carbocycles. The second-order valence-corrected chi connectivity index (χ2v) is 7.49. The van der Waals surface area contributed by atoms with Gasteiger partial charge < -0.3 is 15.0 Å². The summed E-state index contributed by atoms with van der Waals surface area (Å²) in [4.78, 5) is 18.6. The highest BCUT2D eigenvalue weighted by Crippen LogP contribution is 2.28. The highest BCUT2D eigenvalue weighted by molar-refractivity contribution is 5.68. The minimum Gasteiger partial charge on any atom is -0.444 e. The van der Waals surface area contributed by atoms with E-state index in [0.717, 1.165) is 37.4 Å². The standard InChI is InChI=1S/C18H29N3O2/c1-13(2)19-16-8-6-7-15(20-16)14-9-11-21(12-10-14)17(22)23-18(3,4)5/h6-8,13-14H,9-12H2,1-5H3,(H,19,20). The summed E-state index contributed by atoms with van der Waals surface area (Å²) in [5.41, 5.74) is 0.672. The molecule has 5 heteroatoms. The largest absolute Gasteiger partial charge is 0.444 e. The lowest BCUT2D eigenvalue weighted by molar-refractivity contribution is 0.0204. The first-order chi connectivity index (χ1) is 10.7. The van der Waals surface area contributed by atoms with Crippen LogP contribution < -0.4 is 5.32 Å². The average Bonchev–Trinajstić information content (AvgIpc) is 2.45. The van der Waals surface area contributed by atoms with Crippen molar-refractivity contribution in [2.24, 2.45) is 0 Å². The normalized spacial score (nSPS) is 16.5. The van der Waals surface area contributed by atoms with Crippen molar-refractivity contribution in [1.82, 2.24) is 9.88 Å². The summed E-state index contributed by atoms with van der Waals surface area (Å²) in [5, 5.41) is 3.34. The molecule has 1 aromatic heterocycles. The summed E-state index contributed by atoms with van der Waals surface area (Å²) >= 11 is 0. The predicted molar refractivity (Wildman–Crippen MR) is 92.8 cm³/mol. The SMILES string of the molecule is CC(C)Nc1cccc(C2CCN(C(=O)OC(C)(C)C)CC2)n1. The quantitative estimate of drug-likeness (QED) is 0.914. The zero-order valence-corrected chi connectivity index (χ0v) is 14.9. The Hall–Kier alpha value is -1.78. The first kappa shape index (κ1) is 17.6. The Bertz CT molecular complexity index is 529. The molecule has 5 nitrogen and oxygen atoms in total. The van der Waals surface area contributed by atoms with Crippen LogP contribution in [0.15, 0.2) is 18.2 Å². The van der Waals surface area contributed by atoms with E-state index < -0.39 is 5.60 Å². The van der Waals surface area contributed by atoms with Gasteiger partial charge >= 0.3 is 6.09 Å². The van der Waals surface area contributed by atoms with Gasteiger partial charge in [-0.1, -0.05) is 6.07 Å². The number of rotatable bonds is 3. The van der Waals surface area contributed by atoms with Gasteiger partial charge in [-0.15, -0.1) is 0 Å². The number of aromatic nitrogens is 1. The molecule has 0 radical (unpaired) electrons. The molecule has 0 unspecified atom stereocenters. The van der Waals surface area contributed by atoms with Crippen LogP contribution in [0.25, 0.3) is 0 Å². The summed E-state index contributed by atoms with van der Waals surface area (Å²) in [6.07, 6.45) is 1.65. The van der Waals surface area contributed by atoms with Crippen LogP contribution in [0.1, 0.15) is 59.1 Å². The molecule has 0 aromatic carbocycles. The van der Waals surface area contributed by atoms with Gasteiger partial charge in [-0.25, -0.2) is 9.78 Å². The molecule has 1 aromatic rings. The Morgan fingerprint density at radius 2 is 1.96 bits per heavy atom. The van der Waals surface area contributed by atoms with Gasteiger partial charge in [0.25, 0.3) is 0 Å². The van der Waals surface area contributed by atoms with E-state index in [9.17, 15) is 4.79 Å². The van der Waals surface area contributed by atoms with Gasteiger partial charge in [-0.05, 0) is 59.6 Å². The molecule has 2 rings (SSSR count). The molecular weight excluding hydrogens is 290 g/mol. The summed E-state index contributed by atoms with van der Waals surface area (Å²) in [5.74, 6) is 1.33. The fourth-order valence-corrected chi connectivity index (χ4v) is 2.74. The predicted octanol–water partition coefficient (Wildman–Crippen LogP) is 4.02. The molecule has 0 bridgehead atoms. The van der Waals surface area contributed by atoms with Gasteiger partial charge in [0, 0.05) is 30.7 Å². The Labute approximate surface area is 139 Å². The Morgan fingerprint density at radius 3 is 2.52 bits per heavy atom. The number of nitrogens with one attached hydrogen (secondary N) is 1. The third-order valence-electron chi connectivity index (χ3n) is 3.77. The van der Waals surface area contributed by atoms with Crippen LogP contribution in [0, 0.1) is 0 Å². The molecule has 1 saturated heterocycles. The van der Waals surface area contributed by atoms with Crippen LogP contribution in [0.5, 0.6) is 0 Å². The van der Waals surface area contributed by atoms with E-state index in [4.69, 9.17) is 9.72 Å². The smallest absolute Gasteiger partial charge is 0.410 e. The number of anilines is 1. The van der Waals surface area contributed by atoms with Crippen LogP contribution in [0.3, 0.4) is 0 Å². The van der Waals surface area contributed by atoms with Gasteiger partial charge in [-0.2, -0.15) is 0 Å². The Balaban J connectivity index is 1.93. The third-order valence-corrected chi connectivity index (χ3v) is 3.77. The van der Waals surface area contributed by atoms with Crippen molar-refractivity contribution in [2.75, 3.05) is 18.4 Å². The number of hydrogen-bond donors (Lipinski definition) is 1. The molecule has 1 amide bonds. The molecule has 0 spiro atoms. The number of piperidine rings is 1. The number of hydrogen-bond acceptors (Lipinski definition) is 4. The van der Waals surface area contributed by atoms with Crippen molar-refractivity contribution < 1.29 is 9.53 Å². The van der Waals surface area contributed by atoms with Crippen molar-refractivity contribution in [1.29, 1.82) is 0 Å². The second-order valence-electron chi connectivity index (χ2n) is 7.49. The van der Waals surface area contributed by atoms with Gasteiger partial charge in [-0.3, -0.25) is 0 Å². The van der Waals surface area contributed by atoms with Crippen LogP contribution in [0.2, 0.25) is 0 Å². The van der Waals surface area contributed by atoms with Gasteiger partial charge in [0.1, 0.15) is 11.4 Å². The highest BCUT2D eigenvalue weighted by Gasteiger charge is 2.28. The fraction of sp³-hybridized carbons (Fsp3) is 0.667. The minimum atomic E-state index is -0.438. The van der Waals surface area contributed by atoms with Gasteiger partial charge in [0.2, 0.25) is 0 Å². The summed E-state index contributed by atoms with van der Waals surface area (Å²) in [6.45, 7) is 11.4. The van der Waals surface area contributed by atoms with E-state index in [1.165, 1.54) is 0 Å². The third kappa shape index (κ3) is 5.41. The second kappa shape index (κ2) is 7.20. The van der Waals surface area contributed by atoms with E-state index in [0.29, 0.717) is 12.0 Å². The van der Waals surface area contributed by atoms with E-state index in [-0.39, 0.29) is 6.09 Å². The number of pyridine rings is 1. The molecule has 0 atom stereocenters. The van der Waals surface area contributed by atoms with E-state index >= 15 is 0 Å². The maximum absolute atomic E-state index is 12.1. The van der Waals surface area contributed by atoms with Crippen molar-refractivity contribution in [3.05, 3.63) is 23.9 Å². The van der Waals surface area contributed by atoms with Crippen molar-refractivity contribution in [3.63, 3.8) is 0 Å². The molecule has 0 saturated carbocycles. The minimum absolute atomic E-state index is 0.209. The molecule has 2 heterocycles. The molecule has 1 N–H and O–H groups in total. The van der Waals surface area contributed by atoms with Gasteiger partial charge in [0.05, 0.1) is 0 Å². The first-order valence-electron chi connectivity index (χ1n) is 8.46. The lowest BCUT2D eigenvalue weighted by Crippen LogP contribution is -2.41. The number of amides is 1. The molecule has 1 fully saturated rings. The maximum atomic E-state index is 12.1. The van der Waals surface area contributed by atoms with Crippen molar-refractivity contribution in [3.8, 4) is 0 Å². The summed E-state index contributed by atoms with van der Waals surface area (Å²) < 4.78 is 5.44. The number of nitrogens with zero attached hydrogens (tertiary/aromatic N) is 2. The number of carbonyl (C=O) groups excluding carboxylic acids is 1. The van der Waals surface area contributed by atoms with Crippen LogP contribution in [0.4, 0.5) is 10.6 Å². The Morgan fingerprint density at radius 1 is 1.30 bits per heavy atom. The number of ether oxygens (including phenoxy) is 1. The number of carbonyl (C=O) groups is 1. The fourth-order valence-electron chi connectivity index (χ4n) is 2.74. The lowest BCUT2D eigenvalue weighted by atomic mass is 9.93. The summed E-state index contributed by atoms with van der Waals surface area (Å²) in [6, 6.07) is 6.50. The molecular formula is C18H29N3O2. The molecule has 1 aliphatic rings. The van der Waals surface area contributed by atoms with E-state index in [2.05, 4.69) is 25.2 Å². The highest BCUT2D eigenvalue weighted by atomic mass is 16.6. The zero-order chi connectivity index (χ0) is 17.0. The van der Waals surface area contributed by atoms with Gasteiger partial charge in [0.15, 0.2) is 0 Å². The van der Waals surface area contributed by atoms with Crippen LogP contribution >= 0.6 is 0 Å². The zero-order valence-electron chi connectivity index (χ0n) is 14.9. The van der Waals surface area contributed by atoms with E-state index in [1.807, 2.05) is 32.9 Å². The maximum Gasteiger partial charge on any atom is 0.410 e. The van der Waals surface area contributed by atoms with Crippen molar-refractivity contribution >= 4 is 11.9 Å². The van der Waals surface area contributed by atoms with Crippen LogP contribution in [-0.2, 0) is 4.74 Å². The lowest BCUT2D eigenvalue weighted by Gasteiger charge is -2.33. The topological polar surface area (TPSA) is 54.5 Å². The number of likely N-dealkylation sites (tertiary alicyclic amines) is 1. The van der Waals surface area contributed by atoms with Crippen LogP contribution in [-0.4, -0.2) is 40.7 Å². The molecule has 128 valence electrons. The monoisotopic (exact) mass is 319 g/mol. The molecule has 23 heavy (non-hydrogen) atoms.